The van der Waals surface area contributed by atoms with E-state index in [1.807, 2.05) is 18.2 Å². The molecule has 3 rings (SSSR count). The van der Waals surface area contributed by atoms with Gasteiger partial charge in [-0.3, -0.25) is 0 Å². The Kier molecular flexibility index (Phi) is 4.10. The third-order valence-electron chi connectivity index (χ3n) is 3.51. The lowest BCUT2D eigenvalue weighted by Crippen LogP contribution is -1.97. The molecule has 0 spiro atoms. The molecule has 0 saturated heterocycles. The van der Waals surface area contributed by atoms with E-state index in [9.17, 15) is 0 Å². The van der Waals surface area contributed by atoms with E-state index < -0.39 is 0 Å². The largest absolute Gasteiger partial charge is 0.354 e. The average Bonchev–Trinajstić information content (AvgIpc) is 2.54. The summed E-state index contributed by atoms with van der Waals surface area (Å²) in [6.45, 7) is 4.17. The number of anilines is 4. The van der Waals surface area contributed by atoms with Gasteiger partial charge in [0.2, 0.25) is 0 Å². The summed E-state index contributed by atoms with van der Waals surface area (Å²) >= 11 is 0. The average molecular weight is 287 g/mol. The first-order valence-electron chi connectivity index (χ1n) is 7.39. The summed E-state index contributed by atoms with van der Waals surface area (Å²) in [7, 11) is 0. The van der Waals surface area contributed by atoms with Crippen LogP contribution < -0.4 is 10.6 Å². The lowest BCUT2D eigenvalue weighted by molar-refractivity contribution is 1.43. The third-order valence-corrected chi connectivity index (χ3v) is 3.51. The molecule has 2 N–H and O–H groups in total. The summed E-state index contributed by atoms with van der Waals surface area (Å²) in [5.74, 6) is 0. The maximum Gasteiger partial charge on any atom is 0.0703 e. The van der Waals surface area contributed by atoms with Crippen molar-refractivity contribution in [3.05, 3.63) is 83.9 Å². The van der Waals surface area contributed by atoms with Gasteiger partial charge < -0.3 is 10.6 Å². The van der Waals surface area contributed by atoms with Gasteiger partial charge in [0.15, 0.2) is 0 Å². The molecule has 0 fully saturated rings. The van der Waals surface area contributed by atoms with Gasteiger partial charge in [-0.25, -0.2) is 0 Å². The Labute approximate surface area is 131 Å². The minimum atomic E-state index is 0.937. The lowest BCUT2D eigenvalue weighted by Gasteiger charge is -2.14. The van der Waals surface area contributed by atoms with Crippen LogP contribution in [-0.2, 0) is 0 Å². The molecule has 0 unspecified atom stereocenters. The van der Waals surface area contributed by atoms with E-state index in [-0.39, 0.29) is 0 Å². The molecule has 0 amide bonds. The van der Waals surface area contributed by atoms with E-state index >= 15 is 0 Å². The van der Waals surface area contributed by atoms with Crippen LogP contribution in [0.15, 0.2) is 66.7 Å². The molecular weight excluding hydrogens is 268 g/mol. The fraction of sp³-hybridized carbons (Fsp3) is 0.100. The molecule has 3 aromatic rings. The summed E-state index contributed by atoms with van der Waals surface area (Å²) in [4.78, 5) is 0. The van der Waals surface area contributed by atoms with E-state index in [1.165, 1.54) is 11.1 Å². The first-order valence-corrected chi connectivity index (χ1v) is 7.39. The number of hydrogen-bond acceptors (Lipinski definition) is 2. The van der Waals surface area contributed by atoms with Gasteiger partial charge in [-0.05, 0) is 44.2 Å². The van der Waals surface area contributed by atoms with E-state index in [4.69, 9.17) is 0 Å². The first-order chi connectivity index (χ1) is 10.7. The molecule has 2 nitrogen and oxygen atoms in total. The monoisotopic (exact) mass is 287 g/mol. The van der Waals surface area contributed by atoms with Gasteiger partial charge in [0.25, 0.3) is 0 Å². The van der Waals surface area contributed by atoms with E-state index in [0.29, 0.717) is 0 Å². The van der Waals surface area contributed by atoms with Gasteiger partial charge in [-0.15, -0.1) is 0 Å². The number of rotatable bonds is 4. The van der Waals surface area contributed by atoms with E-state index in [0.717, 1.165) is 22.7 Å². The predicted molar refractivity (Wildman–Crippen MR) is 94.2 cm³/mol. The molecule has 1 radical (unpaired) electrons. The van der Waals surface area contributed by atoms with Crippen LogP contribution >= 0.6 is 0 Å². The van der Waals surface area contributed by atoms with Crippen molar-refractivity contribution in [2.24, 2.45) is 0 Å². The molecule has 3 aromatic carbocycles. The summed E-state index contributed by atoms with van der Waals surface area (Å²) in [5.41, 5.74) is 6.57. The Morgan fingerprint density at radius 1 is 0.682 bits per heavy atom. The molecular formula is C20H19N2. The topological polar surface area (TPSA) is 24.1 Å². The van der Waals surface area contributed by atoms with Crippen LogP contribution in [0.4, 0.5) is 22.7 Å². The Balaban J connectivity index is 1.83. The second-order valence-electron chi connectivity index (χ2n) is 5.44. The number of nitrogens with one attached hydrogen (secondary N) is 2. The molecule has 0 aliphatic carbocycles. The highest BCUT2D eigenvalue weighted by Crippen LogP contribution is 2.27. The highest BCUT2D eigenvalue weighted by molar-refractivity contribution is 5.77. The molecule has 22 heavy (non-hydrogen) atoms. The van der Waals surface area contributed by atoms with Crippen molar-refractivity contribution in [1.82, 2.24) is 0 Å². The van der Waals surface area contributed by atoms with Gasteiger partial charge in [0.1, 0.15) is 0 Å². The Bertz CT molecular complexity index is 677. The summed E-state index contributed by atoms with van der Waals surface area (Å²) in [5, 5.41) is 6.85. The maximum absolute atomic E-state index is 3.44. The highest BCUT2D eigenvalue weighted by Gasteiger charge is 2.03. The zero-order valence-electron chi connectivity index (χ0n) is 12.9. The molecule has 0 aliphatic heterocycles. The van der Waals surface area contributed by atoms with Crippen LogP contribution in [-0.4, -0.2) is 0 Å². The molecule has 0 saturated carbocycles. The Morgan fingerprint density at radius 2 is 1.23 bits per heavy atom. The highest BCUT2D eigenvalue weighted by atomic mass is 15.0. The third kappa shape index (κ3) is 3.47. The van der Waals surface area contributed by atoms with Gasteiger partial charge >= 0.3 is 0 Å². The predicted octanol–water partition coefficient (Wildman–Crippen LogP) is 5.59. The Hall–Kier alpha value is -2.74. The van der Waals surface area contributed by atoms with E-state index in [2.05, 4.69) is 79.1 Å². The van der Waals surface area contributed by atoms with Crippen molar-refractivity contribution in [3.8, 4) is 0 Å². The fourth-order valence-electron chi connectivity index (χ4n) is 2.22. The van der Waals surface area contributed by atoms with Crippen LogP contribution in [0.5, 0.6) is 0 Å². The quantitative estimate of drug-likeness (QED) is 0.653. The summed E-state index contributed by atoms with van der Waals surface area (Å²) < 4.78 is 0. The molecule has 0 aromatic heterocycles. The zero-order chi connectivity index (χ0) is 15.4. The van der Waals surface area contributed by atoms with Crippen molar-refractivity contribution in [1.29, 1.82) is 0 Å². The van der Waals surface area contributed by atoms with Crippen LogP contribution in [0.3, 0.4) is 0 Å². The fourth-order valence-corrected chi connectivity index (χ4v) is 2.22. The summed E-state index contributed by atoms with van der Waals surface area (Å²) in [6.07, 6.45) is 0. The van der Waals surface area contributed by atoms with Gasteiger partial charge in [0.05, 0.1) is 11.4 Å². The van der Waals surface area contributed by atoms with Gasteiger partial charge in [-0.2, -0.15) is 0 Å². The van der Waals surface area contributed by atoms with Crippen molar-refractivity contribution in [3.63, 3.8) is 0 Å². The normalized spacial score (nSPS) is 10.3. The van der Waals surface area contributed by atoms with Crippen LogP contribution in [0, 0.1) is 19.9 Å². The van der Waals surface area contributed by atoms with Crippen molar-refractivity contribution in [2.75, 3.05) is 10.6 Å². The van der Waals surface area contributed by atoms with Crippen LogP contribution in [0.25, 0.3) is 0 Å². The molecule has 0 atom stereocenters. The Morgan fingerprint density at radius 3 is 1.82 bits per heavy atom. The molecule has 2 heteroatoms. The van der Waals surface area contributed by atoms with Crippen LogP contribution in [0.1, 0.15) is 11.1 Å². The van der Waals surface area contributed by atoms with Crippen molar-refractivity contribution >= 4 is 22.7 Å². The minimum Gasteiger partial charge on any atom is -0.354 e. The smallest absolute Gasteiger partial charge is 0.0703 e. The van der Waals surface area contributed by atoms with Crippen molar-refractivity contribution < 1.29 is 0 Å². The standard InChI is InChI=1S/C20H19N2/c1-15-7-11-17(12-8-15)21-19-5-3-4-6-20(19)22-18-13-9-16(2)10-14-18/h3-5,7-14,21-22H,1-2H3. The minimum absolute atomic E-state index is 0.937. The number of hydrogen-bond donors (Lipinski definition) is 2. The van der Waals surface area contributed by atoms with Gasteiger partial charge in [-0.1, -0.05) is 47.5 Å². The first kappa shape index (κ1) is 14.2. The van der Waals surface area contributed by atoms with Crippen molar-refractivity contribution in [2.45, 2.75) is 13.8 Å². The zero-order valence-corrected chi connectivity index (χ0v) is 12.9. The molecule has 0 aliphatic rings. The van der Waals surface area contributed by atoms with E-state index in [1.54, 1.807) is 0 Å². The number of aryl methyl sites for hydroxylation is 2. The number of para-hydroxylation sites is 1. The second-order valence-corrected chi connectivity index (χ2v) is 5.44. The maximum atomic E-state index is 3.44. The summed E-state index contributed by atoms with van der Waals surface area (Å²) in [6, 6.07) is 25.9. The molecule has 0 heterocycles. The van der Waals surface area contributed by atoms with Gasteiger partial charge in [0, 0.05) is 17.4 Å². The number of benzene rings is 3. The second kappa shape index (κ2) is 6.35. The van der Waals surface area contributed by atoms with Crippen LogP contribution in [0.2, 0.25) is 0 Å². The molecule has 109 valence electrons. The SMILES string of the molecule is Cc1ccc(Nc2[c]cccc2Nc2ccc(C)cc2)cc1. The molecule has 0 bridgehead atoms. The lowest BCUT2D eigenvalue weighted by atomic mass is 10.2.